The molecule has 0 aromatic rings. The van der Waals surface area contributed by atoms with Gasteiger partial charge in [-0.1, -0.05) is 26.7 Å². The van der Waals surface area contributed by atoms with Gasteiger partial charge in [-0.2, -0.15) is 0 Å². The second-order valence-corrected chi connectivity index (χ2v) is 4.35. The van der Waals surface area contributed by atoms with Crippen molar-refractivity contribution >= 4 is 5.91 Å². The summed E-state index contributed by atoms with van der Waals surface area (Å²) in [7, 11) is 0. The number of hydrogen-bond acceptors (Lipinski definition) is 1. The summed E-state index contributed by atoms with van der Waals surface area (Å²) in [6.07, 6.45) is 5.72. The number of rotatable bonds is 3. The molecule has 0 unspecified atom stereocenters. The Balaban J connectivity index is 4.16. The molecule has 74 valence electrons. The maximum Gasteiger partial charge on any atom is 0.223 e. The number of carbonyl (C=O) groups is 1. The number of nitrogens with zero attached hydrogens (tertiary/aromatic N) is 1. The third-order valence-electron chi connectivity index (χ3n) is 1.70. The van der Waals surface area contributed by atoms with Crippen molar-refractivity contribution in [1.29, 1.82) is 0 Å². The SMILES string of the molecule is C#CCN(CC)C(=O)CC(C)(C)C. The van der Waals surface area contributed by atoms with Gasteiger partial charge in [-0.3, -0.25) is 4.79 Å². The van der Waals surface area contributed by atoms with Crippen molar-refractivity contribution in [2.24, 2.45) is 5.41 Å². The summed E-state index contributed by atoms with van der Waals surface area (Å²) in [5, 5.41) is 0. The van der Waals surface area contributed by atoms with Crippen LogP contribution >= 0.6 is 0 Å². The van der Waals surface area contributed by atoms with Gasteiger partial charge in [-0.15, -0.1) is 6.42 Å². The topological polar surface area (TPSA) is 20.3 Å². The van der Waals surface area contributed by atoms with E-state index in [1.807, 2.05) is 6.92 Å². The van der Waals surface area contributed by atoms with Crippen molar-refractivity contribution in [1.82, 2.24) is 4.90 Å². The zero-order chi connectivity index (χ0) is 10.5. The Labute approximate surface area is 81.3 Å². The second-order valence-electron chi connectivity index (χ2n) is 4.35. The normalized spacial score (nSPS) is 10.7. The van der Waals surface area contributed by atoms with E-state index in [1.54, 1.807) is 4.90 Å². The van der Waals surface area contributed by atoms with E-state index in [1.165, 1.54) is 0 Å². The van der Waals surface area contributed by atoms with E-state index in [2.05, 4.69) is 26.7 Å². The Bertz CT molecular complexity index is 207. The minimum Gasteiger partial charge on any atom is -0.332 e. The molecular formula is C11H19NO. The summed E-state index contributed by atoms with van der Waals surface area (Å²) in [4.78, 5) is 13.3. The van der Waals surface area contributed by atoms with Crippen molar-refractivity contribution in [3.05, 3.63) is 0 Å². The van der Waals surface area contributed by atoms with Crippen LogP contribution in [0.4, 0.5) is 0 Å². The molecule has 0 aliphatic rings. The Kier molecular flexibility index (Phi) is 4.55. The van der Waals surface area contributed by atoms with E-state index in [-0.39, 0.29) is 11.3 Å². The Morgan fingerprint density at radius 2 is 2.00 bits per heavy atom. The van der Waals surface area contributed by atoms with Gasteiger partial charge in [-0.05, 0) is 12.3 Å². The van der Waals surface area contributed by atoms with E-state index < -0.39 is 0 Å². The molecule has 2 heteroatoms. The maximum absolute atomic E-state index is 11.6. The number of carbonyl (C=O) groups excluding carboxylic acids is 1. The first-order chi connectivity index (χ1) is 5.90. The molecule has 0 saturated carbocycles. The van der Waals surface area contributed by atoms with Gasteiger partial charge in [0.05, 0.1) is 6.54 Å². The van der Waals surface area contributed by atoms with Crippen LogP contribution in [-0.2, 0) is 4.79 Å². The van der Waals surface area contributed by atoms with Crippen LogP contribution in [0.5, 0.6) is 0 Å². The van der Waals surface area contributed by atoms with E-state index in [9.17, 15) is 4.79 Å². The first-order valence-electron chi connectivity index (χ1n) is 4.62. The van der Waals surface area contributed by atoms with Gasteiger partial charge >= 0.3 is 0 Å². The lowest BCUT2D eigenvalue weighted by Gasteiger charge is -2.23. The molecule has 0 N–H and O–H groups in total. The molecule has 0 aliphatic heterocycles. The van der Waals surface area contributed by atoms with Crippen molar-refractivity contribution in [3.8, 4) is 12.3 Å². The first-order valence-corrected chi connectivity index (χ1v) is 4.62. The van der Waals surface area contributed by atoms with E-state index >= 15 is 0 Å². The number of hydrogen-bond donors (Lipinski definition) is 0. The summed E-state index contributed by atoms with van der Waals surface area (Å²) < 4.78 is 0. The average molecular weight is 181 g/mol. The highest BCUT2D eigenvalue weighted by molar-refractivity contribution is 5.77. The second kappa shape index (κ2) is 4.91. The van der Waals surface area contributed by atoms with Crippen LogP contribution in [0.15, 0.2) is 0 Å². The van der Waals surface area contributed by atoms with E-state index in [4.69, 9.17) is 6.42 Å². The molecule has 1 amide bonds. The molecule has 0 bridgehead atoms. The molecule has 0 aliphatic carbocycles. The molecule has 0 aromatic heterocycles. The highest BCUT2D eigenvalue weighted by Crippen LogP contribution is 2.19. The van der Waals surface area contributed by atoms with Crippen LogP contribution in [0.3, 0.4) is 0 Å². The molecular weight excluding hydrogens is 162 g/mol. The highest BCUT2D eigenvalue weighted by atomic mass is 16.2. The summed E-state index contributed by atoms with van der Waals surface area (Å²) >= 11 is 0. The molecule has 0 saturated heterocycles. The Morgan fingerprint density at radius 3 is 2.31 bits per heavy atom. The summed E-state index contributed by atoms with van der Waals surface area (Å²) in [5.74, 6) is 2.64. The molecule has 0 aromatic carbocycles. The lowest BCUT2D eigenvalue weighted by molar-refractivity contribution is -0.132. The standard InChI is InChI=1S/C11H19NO/c1-6-8-12(7-2)10(13)9-11(3,4)5/h1H,7-9H2,2-5H3. The molecule has 0 atom stereocenters. The van der Waals surface area contributed by atoms with Crippen LogP contribution in [0.25, 0.3) is 0 Å². The van der Waals surface area contributed by atoms with Crippen LogP contribution < -0.4 is 0 Å². The lowest BCUT2D eigenvalue weighted by atomic mass is 9.91. The molecule has 13 heavy (non-hydrogen) atoms. The fourth-order valence-electron chi connectivity index (χ4n) is 1.05. The predicted octanol–water partition coefficient (Wildman–Crippen LogP) is 1.90. The van der Waals surface area contributed by atoms with E-state index in [0.717, 1.165) is 0 Å². The number of amides is 1. The Morgan fingerprint density at radius 1 is 1.46 bits per heavy atom. The maximum atomic E-state index is 11.6. The fraction of sp³-hybridized carbons (Fsp3) is 0.727. The third kappa shape index (κ3) is 5.30. The van der Waals surface area contributed by atoms with Crippen molar-refractivity contribution in [2.45, 2.75) is 34.1 Å². The van der Waals surface area contributed by atoms with Crippen LogP contribution in [0, 0.1) is 17.8 Å². The zero-order valence-electron chi connectivity index (χ0n) is 9.05. The lowest BCUT2D eigenvalue weighted by Crippen LogP contribution is -2.33. The van der Waals surface area contributed by atoms with Crippen molar-refractivity contribution in [3.63, 3.8) is 0 Å². The Hall–Kier alpha value is -0.970. The van der Waals surface area contributed by atoms with Gasteiger partial charge in [0.15, 0.2) is 0 Å². The third-order valence-corrected chi connectivity index (χ3v) is 1.70. The molecule has 0 heterocycles. The number of terminal acetylenes is 1. The summed E-state index contributed by atoms with van der Waals surface area (Å²) in [6, 6.07) is 0. The molecule has 0 spiro atoms. The summed E-state index contributed by atoms with van der Waals surface area (Å²) in [6.45, 7) is 9.21. The predicted molar refractivity (Wildman–Crippen MR) is 55.2 cm³/mol. The highest BCUT2D eigenvalue weighted by Gasteiger charge is 2.19. The van der Waals surface area contributed by atoms with Crippen LogP contribution in [0.2, 0.25) is 0 Å². The van der Waals surface area contributed by atoms with Gasteiger partial charge in [0.25, 0.3) is 0 Å². The molecule has 0 rings (SSSR count). The van der Waals surface area contributed by atoms with Crippen molar-refractivity contribution < 1.29 is 4.79 Å². The van der Waals surface area contributed by atoms with Crippen molar-refractivity contribution in [2.75, 3.05) is 13.1 Å². The molecule has 2 nitrogen and oxygen atoms in total. The minimum absolute atomic E-state index is 0.0408. The van der Waals surface area contributed by atoms with Gasteiger partial charge < -0.3 is 4.90 Å². The first kappa shape index (κ1) is 12.0. The van der Waals surface area contributed by atoms with Crippen LogP contribution in [-0.4, -0.2) is 23.9 Å². The van der Waals surface area contributed by atoms with Gasteiger partial charge in [-0.25, -0.2) is 0 Å². The largest absolute Gasteiger partial charge is 0.332 e. The fourth-order valence-corrected chi connectivity index (χ4v) is 1.05. The molecule has 0 radical (unpaired) electrons. The van der Waals surface area contributed by atoms with Gasteiger partial charge in [0, 0.05) is 13.0 Å². The quantitative estimate of drug-likeness (QED) is 0.609. The smallest absolute Gasteiger partial charge is 0.223 e. The average Bonchev–Trinajstić information content (AvgIpc) is 1.96. The van der Waals surface area contributed by atoms with E-state index in [0.29, 0.717) is 19.5 Å². The zero-order valence-corrected chi connectivity index (χ0v) is 9.05. The van der Waals surface area contributed by atoms with Gasteiger partial charge in [0.2, 0.25) is 5.91 Å². The monoisotopic (exact) mass is 181 g/mol. The molecule has 0 fully saturated rings. The van der Waals surface area contributed by atoms with Gasteiger partial charge in [0.1, 0.15) is 0 Å². The van der Waals surface area contributed by atoms with Crippen LogP contribution in [0.1, 0.15) is 34.1 Å². The minimum atomic E-state index is 0.0408. The summed E-state index contributed by atoms with van der Waals surface area (Å²) in [5.41, 5.74) is 0.0408.